The number of carbonyl (C=O) groups excluding carboxylic acids is 3. The molecule has 1 aromatic rings. The van der Waals surface area contributed by atoms with E-state index >= 15 is 0 Å². The molecule has 0 radical (unpaired) electrons. The fourth-order valence-corrected chi connectivity index (χ4v) is 3.17. The molecule has 1 aromatic carbocycles. The zero-order valence-corrected chi connectivity index (χ0v) is 14.3. The molecule has 1 N–H and O–H groups in total. The number of nitrogens with one attached hydrogen (secondary N) is 1. The van der Waals surface area contributed by atoms with Gasteiger partial charge >= 0.3 is 6.03 Å². The van der Waals surface area contributed by atoms with Crippen molar-refractivity contribution in [1.82, 2.24) is 15.1 Å². The lowest BCUT2D eigenvalue weighted by atomic mass is 9.91. The van der Waals surface area contributed by atoms with Crippen molar-refractivity contribution in [1.29, 1.82) is 0 Å². The van der Waals surface area contributed by atoms with Gasteiger partial charge in [-0.2, -0.15) is 0 Å². The number of benzene rings is 1. The van der Waals surface area contributed by atoms with Gasteiger partial charge in [0.1, 0.15) is 12.1 Å². The number of likely N-dealkylation sites (N-methyl/N-ethyl adjacent to an activating group) is 1. The second-order valence-electron chi connectivity index (χ2n) is 6.72. The molecular weight excluding hydrogens is 306 g/mol. The Labute approximate surface area is 141 Å². The van der Waals surface area contributed by atoms with Crippen molar-refractivity contribution >= 4 is 17.8 Å². The molecule has 0 bridgehead atoms. The predicted molar refractivity (Wildman–Crippen MR) is 89.2 cm³/mol. The molecule has 2 aliphatic rings. The summed E-state index contributed by atoms with van der Waals surface area (Å²) in [6.07, 6.45) is 2.00. The molecule has 1 atom stereocenters. The zero-order valence-electron chi connectivity index (χ0n) is 14.3. The summed E-state index contributed by atoms with van der Waals surface area (Å²) < 4.78 is 0. The van der Waals surface area contributed by atoms with Gasteiger partial charge in [-0.3, -0.25) is 14.5 Å². The minimum atomic E-state index is -1.12. The lowest BCUT2D eigenvalue weighted by Gasteiger charge is -2.24. The molecule has 0 aromatic heterocycles. The molecule has 1 unspecified atom stereocenters. The molecule has 1 aliphatic carbocycles. The van der Waals surface area contributed by atoms with Gasteiger partial charge in [0.15, 0.2) is 0 Å². The standard InChI is InChI=1S/C18H23N3O3/c1-4-20(14-9-10-14)15(22)11-21-16(23)18(3,19-17(21)24)13-7-5-12(2)6-8-13/h5-8,14H,4,9-11H2,1-3H3,(H,19,24). The van der Waals surface area contributed by atoms with Gasteiger partial charge in [0, 0.05) is 12.6 Å². The summed E-state index contributed by atoms with van der Waals surface area (Å²) in [6, 6.07) is 7.23. The molecule has 2 fully saturated rings. The van der Waals surface area contributed by atoms with Gasteiger partial charge in [-0.15, -0.1) is 0 Å². The van der Waals surface area contributed by atoms with Crippen LogP contribution in [0.15, 0.2) is 24.3 Å². The average molecular weight is 329 g/mol. The summed E-state index contributed by atoms with van der Waals surface area (Å²) in [7, 11) is 0. The van der Waals surface area contributed by atoms with Crippen LogP contribution >= 0.6 is 0 Å². The summed E-state index contributed by atoms with van der Waals surface area (Å²) in [5, 5.41) is 2.74. The fraction of sp³-hybridized carbons (Fsp3) is 0.500. The Morgan fingerprint density at radius 3 is 2.46 bits per heavy atom. The highest BCUT2D eigenvalue weighted by Crippen LogP contribution is 2.30. The summed E-state index contributed by atoms with van der Waals surface area (Å²) in [4.78, 5) is 40.4. The normalized spacial score (nSPS) is 23.4. The van der Waals surface area contributed by atoms with Crippen molar-refractivity contribution < 1.29 is 14.4 Å². The van der Waals surface area contributed by atoms with Crippen molar-refractivity contribution in [3.8, 4) is 0 Å². The van der Waals surface area contributed by atoms with Crippen LogP contribution in [0.1, 0.15) is 37.8 Å². The fourth-order valence-electron chi connectivity index (χ4n) is 3.17. The molecule has 1 saturated heterocycles. The van der Waals surface area contributed by atoms with Gasteiger partial charge in [-0.25, -0.2) is 4.79 Å². The first-order valence-corrected chi connectivity index (χ1v) is 8.37. The van der Waals surface area contributed by atoms with E-state index in [-0.39, 0.29) is 24.4 Å². The molecule has 6 nitrogen and oxygen atoms in total. The predicted octanol–water partition coefficient (Wildman–Crippen LogP) is 1.77. The van der Waals surface area contributed by atoms with E-state index in [1.807, 2.05) is 38.1 Å². The molecule has 0 spiro atoms. The summed E-state index contributed by atoms with van der Waals surface area (Å²) in [5.74, 6) is -0.548. The Balaban J connectivity index is 1.78. The highest BCUT2D eigenvalue weighted by Gasteiger charge is 2.50. The van der Waals surface area contributed by atoms with E-state index in [1.165, 1.54) is 0 Å². The molecule has 1 saturated carbocycles. The van der Waals surface area contributed by atoms with Crippen LogP contribution in [0.3, 0.4) is 0 Å². The van der Waals surface area contributed by atoms with Gasteiger partial charge in [0.2, 0.25) is 5.91 Å². The Morgan fingerprint density at radius 2 is 1.92 bits per heavy atom. The molecular formula is C18H23N3O3. The summed E-state index contributed by atoms with van der Waals surface area (Å²) in [5.41, 5.74) is 0.673. The van der Waals surface area contributed by atoms with E-state index in [4.69, 9.17) is 0 Å². The van der Waals surface area contributed by atoms with Crippen molar-refractivity contribution in [3.63, 3.8) is 0 Å². The quantitative estimate of drug-likeness (QED) is 0.837. The minimum absolute atomic E-state index is 0.170. The van der Waals surface area contributed by atoms with Crippen molar-refractivity contribution in [3.05, 3.63) is 35.4 Å². The molecule has 6 heteroatoms. The number of rotatable bonds is 5. The van der Waals surface area contributed by atoms with Crippen LogP contribution < -0.4 is 5.32 Å². The number of hydrogen-bond acceptors (Lipinski definition) is 3. The SMILES string of the molecule is CCN(C(=O)CN1C(=O)NC(C)(c2ccc(C)cc2)C1=O)C1CC1. The lowest BCUT2D eigenvalue weighted by molar-refractivity contribution is -0.139. The first kappa shape index (κ1) is 16.5. The topological polar surface area (TPSA) is 69.7 Å². The molecule has 24 heavy (non-hydrogen) atoms. The van der Waals surface area contributed by atoms with Crippen molar-refractivity contribution in [2.24, 2.45) is 0 Å². The molecule has 1 aliphatic heterocycles. The number of imide groups is 1. The number of hydrogen-bond donors (Lipinski definition) is 1. The number of aryl methyl sites for hydroxylation is 1. The minimum Gasteiger partial charge on any atom is -0.338 e. The van der Waals surface area contributed by atoms with E-state index in [2.05, 4.69) is 5.32 Å². The lowest BCUT2D eigenvalue weighted by Crippen LogP contribution is -2.45. The van der Waals surface area contributed by atoms with E-state index < -0.39 is 11.6 Å². The smallest absolute Gasteiger partial charge is 0.325 e. The van der Waals surface area contributed by atoms with E-state index in [9.17, 15) is 14.4 Å². The second kappa shape index (κ2) is 5.92. The van der Waals surface area contributed by atoms with Gasteiger partial charge in [0.25, 0.3) is 5.91 Å². The molecule has 128 valence electrons. The Kier molecular flexibility index (Phi) is 4.07. The third-order valence-electron chi connectivity index (χ3n) is 4.85. The van der Waals surface area contributed by atoms with Crippen molar-refractivity contribution in [2.45, 2.75) is 45.2 Å². The Morgan fingerprint density at radius 1 is 1.29 bits per heavy atom. The van der Waals surface area contributed by atoms with E-state index in [0.717, 1.165) is 28.9 Å². The van der Waals surface area contributed by atoms with Crippen LogP contribution in [0, 0.1) is 6.92 Å². The summed E-state index contributed by atoms with van der Waals surface area (Å²) in [6.45, 7) is 5.96. The monoisotopic (exact) mass is 329 g/mol. The van der Waals surface area contributed by atoms with Crippen LogP contribution in [0.25, 0.3) is 0 Å². The van der Waals surface area contributed by atoms with Crippen molar-refractivity contribution in [2.75, 3.05) is 13.1 Å². The Hall–Kier alpha value is -2.37. The van der Waals surface area contributed by atoms with Gasteiger partial charge in [-0.1, -0.05) is 29.8 Å². The van der Waals surface area contributed by atoms with Crippen LogP contribution in [0.4, 0.5) is 4.79 Å². The van der Waals surface area contributed by atoms with Crippen LogP contribution in [-0.2, 0) is 15.1 Å². The number of urea groups is 1. The van der Waals surface area contributed by atoms with Gasteiger partial charge in [-0.05, 0) is 39.2 Å². The van der Waals surface area contributed by atoms with Gasteiger partial charge < -0.3 is 10.2 Å². The average Bonchev–Trinajstić information content (AvgIpc) is 3.34. The largest absolute Gasteiger partial charge is 0.338 e. The Bertz CT molecular complexity index is 681. The molecule has 4 amide bonds. The number of carbonyl (C=O) groups is 3. The van der Waals surface area contributed by atoms with Crippen LogP contribution in [-0.4, -0.2) is 46.8 Å². The number of amides is 4. The highest BCUT2D eigenvalue weighted by molar-refractivity contribution is 6.09. The number of nitrogens with zero attached hydrogens (tertiary/aromatic N) is 2. The maximum Gasteiger partial charge on any atom is 0.325 e. The van der Waals surface area contributed by atoms with Crippen LogP contribution in [0.5, 0.6) is 0 Å². The highest BCUT2D eigenvalue weighted by atomic mass is 16.2. The van der Waals surface area contributed by atoms with E-state index in [0.29, 0.717) is 6.54 Å². The van der Waals surface area contributed by atoms with E-state index in [1.54, 1.807) is 11.8 Å². The maximum absolute atomic E-state index is 12.8. The second-order valence-corrected chi connectivity index (χ2v) is 6.72. The zero-order chi connectivity index (χ0) is 17.5. The maximum atomic E-state index is 12.8. The summed E-state index contributed by atoms with van der Waals surface area (Å²) >= 11 is 0. The third-order valence-corrected chi connectivity index (χ3v) is 4.85. The third kappa shape index (κ3) is 2.77. The molecule has 1 heterocycles. The molecule has 3 rings (SSSR count). The first-order chi connectivity index (χ1) is 11.4. The van der Waals surface area contributed by atoms with Crippen LogP contribution in [0.2, 0.25) is 0 Å². The first-order valence-electron chi connectivity index (χ1n) is 8.37. The van der Waals surface area contributed by atoms with Gasteiger partial charge in [0.05, 0.1) is 0 Å².